The molecule has 1 saturated carbocycles. The summed E-state index contributed by atoms with van der Waals surface area (Å²) >= 11 is 0. The Morgan fingerprint density at radius 3 is 2.71 bits per heavy atom. The van der Waals surface area contributed by atoms with Crippen LogP contribution in [0.4, 0.5) is 0 Å². The number of methoxy groups -OCH3 is 1. The van der Waals surface area contributed by atoms with Crippen LogP contribution in [0.25, 0.3) is 33.4 Å². The Bertz CT molecular complexity index is 1280. The normalized spacial score (nSPS) is 13.6. The lowest BCUT2D eigenvalue weighted by Gasteiger charge is -2.11. The van der Waals surface area contributed by atoms with Crippen LogP contribution in [0.2, 0.25) is 0 Å². The summed E-state index contributed by atoms with van der Waals surface area (Å²) in [5.41, 5.74) is 4.59. The third kappa shape index (κ3) is 3.48. The summed E-state index contributed by atoms with van der Waals surface area (Å²) < 4.78 is 7.99. The number of nitrogens with zero attached hydrogens (tertiary/aromatic N) is 6. The Morgan fingerprint density at radius 2 is 2.03 bits per heavy atom. The van der Waals surface area contributed by atoms with Crippen LogP contribution in [0, 0.1) is 5.92 Å². The second kappa shape index (κ2) is 7.61. The molecule has 0 bridgehead atoms. The third-order valence-electron chi connectivity index (χ3n) is 5.81. The molecular weight excluding hydrogens is 392 g/mol. The number of ketones is 1. The van der Waals surface area contributed by atoms with Gasteiger partial charge in [-0.2, -0.15) is 4.80 Å². The van der Waals surface area contributed by atoms with Crippen molar-refractivity contribution in [2.24, 2.45) is 13.0 Å². The molecule has 1 aliphatic rings. The third-order valence-corrected chi connectivity index (χ3v) is 5.81. The number of aryl methyl sites for hydroxylation is 2. The van der Waals surface area contributed by atoms with Crippen molar-refractivity contribution in [1.82, 2.24) is 29.8 Å². The summed E-state index contributed by atoms with van der Waals surface area (Å²) in [6.07, 6.45) is 6.40. The van der Waals surface area contributed by atoms with Crippen molar-refractivity contribution < 1.29 is 9.53 Å². The Hall–Kier alpha value is -3.55. The zero-order valence-corrected chi connectivity index (χ0v) is 17.9. The van der Waals surface area contributed by atoms with E-state index in [4.69, 9.17) is 4.74 Å². The van der Waals surface area contributed by atoms with Crippen LogP contribution < -0.4 is 4.74 Å². The number of rotatable bonds is 7. The molecule has 0 radical (unpaired) electrons. The highest BCUT2D eigenvalue weighted by molar-refractivity contribution is 5.99. The van der Waals surface area contributed by atoms with Gasteiger partial charge < -0.3 is 9.30 Å². The number of aromatic nitrogens is 6. The first-order valence-electron chi connectivity index (χ1n) is 10.5. The van der Waals surface area contributed by atoms with Gasteiger partial charge in [0.1, 0.15) is 11.5 Å². The summed E-state index contributed by atoms with van der Waals surface area (Å²) in [6.45, 7) is 2.91. The largest absolute Gasteiger partial charge is 0.495 e. The van der Waals surface area contributed by atoms with E-state index in [1.54, 1.807) is 14.2 Å². The van der Waals surface area contributed by atoms with Crippen molar-refractivity contribution in [2.45, 2.75) is 32.7 Å². The van der Waals surface area contributed by atoms with Crippen molar-refractivity contribution >= 4 is 16.7 Å². The Morgan fingerprint density at radius 1 is 1.23 bits per heavy atom. The van der Waals surface area contributed by atoms with Gasteiger partial charge in [0.15, 0.2) is 0 Å². The monoisotopic (exact) mass is 416 g/mol. The van der Waals surface area contributed by atoms with Gasteiger partial charge in [-0.25, -0.2) is 0 Å². The van der Waals surface area contributed by atoms with Gasteiger partial charge >= 0.3 is 0 Å². The van der Waals surface area contributed by atoms with Crippen molar-refractivity contribution in [2.75, 3.05) is 7.11 Å². The number of carbonyl (C=O) groups is 1. The topological polar surface area (TPSA) is 87.7 Å². The van der Waals surface area contributed by atoms with Crippen LogP contribution in [0.3, 0.4) is 0 Å². The van der Waals surface area contributed by atoms with Gasteiger partial charge in [-0.3, -0.25) is 9.78 Å². The first kappa shape index (κ1) is 19.4. The Kier molecular flexibility index (Phi) is 4.77. The summed E-state index contributed by atoms with van der Waals surface area (Å²) in [5, 5.41) is 13.5. The molecule has 0 aliphatic heterocycles. The molecule has 1 aromatic carbocycles. The maximum atomic E-state index is 12.3. The van der Waals surface area contributed by atoms with Crippen LogP contribution >= 0.6 is 0 Å². The van der Waals surface area contributed by atoms with Gasteiger partial charge in [-0.05, 0) is 37.1 Å². The highest BCUT2D eigenvalue weighted by Crippen LogP contribution is 2.41. The minimum Gasteiger partial charge on any atom is -0.495 e. The number of hydrogen-bond donors (Lipinski definition) is 0. The Balaban J connectivity index is 1.66. The lowest BCUT2D eigenvalue weighted by atomic mass is 10.00. The molecule has 158 valence electrons. The molecule has 4 aromatic rings. The van der Waals surface area contributed by atoms with Crippen molar-refractivity contribution in [3.63, 3.8) is 0 Å². The number of Topliss-reactive ketones (excluding diaryl/α,β-unsaturated/α-hetero) is 1. The highest BCUT2D eigenvalue weighted by atomic mass is 16.5. The molecule has 1 fully saturated rings. The number of pyridine rings is 1. The van der Waals surface area contributed by atoms with E-state index >= 15 is 0 Å². The molecule has 8 heteroatoms. The lowest BCUT2D eigenvalue weighted by molar-refractivity contribution is -0.119. The van der Waals surface area contributed by atoms with E-state index in [1.165, 1.54) is 4.80 Å². The fourth-order valence-electron chi connectivity index (χ4n) is 4.07. The van der Waals surface area contributed by atoms with Crippen LogP contribution in [0.1, 0.15) is 25.5 Å². The van der Waals surface area contributed by atoms with Crippen LogP contribution in [-0.2, 0) is 24.8 Å². The lowest BCUT2D eigenvalue weighted by Crippen LogP contribution is -2.06. The summed E-state index contributed by atoms with van der Waals surface area (Å²) in [7, 11) is 3.39. The quantitative estimate of drug-likeness (QED) is 0.459. The molecule has 1 aliphatic carbocycles. The number of para-hydroxylation sites is 1. The highest BCUT2D eigenvalue weighted by Gasteiger charge is 2.29. The first-order chi connectivity index (χ1) is 15.1. The summed E-state index contributed by atoms with van der Waals surface area (Å²) in [5.74, 6) is 1.72. The van der Waals surface area contributed by atoms with E-state index < -0.39 is 0 Å². The van der Waals surface area contributed by atoms with Gasteiger partial charge in [0, 0.05) is 47.3 Å². The molecule has 3 heterocycles. The van der Waals surface area contributed by atoms with Gasteiger partial charge in [-0.15, -0.1) is 10.2 Å². The van der Waals surface area contributed by atoms with Gasteiger partial charge in [0.05, 0.1) is 31.4 Å². The van der Waals surface area contributed by atoms with E-state index in [0.29, 0.717) is 18.0 Å². The molecule has 0 amide bonds. The predicted octanol–water partition coefficient (Wildman–Crippen LogP) is 3.44. The molecule has 0 unspecified atom stereocenters. The zero-order chi connectivity index (χ0) is 21.5. The van der Waals surface area contributed by atoms with Crippen molar-refractivity contribution in [1.29, 1.82) is 0 Å². The van der Waals surface area contributed by atoms with Crippen LogP contribution in [-0.4, -0.2) is 42.7 Å². The number of hydrogen-bond acceptors (Lipinski definition) is 6. The number of carbonyl (C=O) groups excluding carboxylic acids is 1. The number of benzene rings is 1. The smallest absolute Gasteiger partial charge is 0.208 e. The molecule has 0 atom stereocenters. The zero-order valence-electron chi connectivity index (χ0n) is 17.9. The summed E-state index contributed by atoms with van der Waals surface area (Å²) in [6, 6.07) is 7.98. The minimum absolute atomic E-state index is 0.230. The van der Waals surface area contributed by atoms with Crippen LogP contribution in [0.15, 0.2) is 36.7 Å². The molecule has 3 aromatic heterocycles. The predicted molar refractivity (Wildman–Crippen MR) is 117 cm³/mol. The molecule has 0 N–H and O–H groups in total. The van der Waals surface area contributed by atoms with Crippen molar-refractivity contribution in [3.8, 4) is 28.3 Å². The second-order valence-electron chi connectivity index (χ2n) is 7.93. The first-order valence-corrected chi connectivity index (χ1v) is 10.5. The van der Waals surface area contributed by atoms with Gasteiger partial charge in [0.25, 0.3) is 0 Å². The van der Waals surface area contributed by atoms with E-state index in [1.807, 2.05) is 30.5 Å². The van der Waals surface area contributed by atoms with E-state index in [9.17, 15) is 4.79 Å². The van der Waals surface area contributed by atoms with E-state index in [-0.39, 0.29) is 11.7 Å². The maximum absolute atomic E-state index is 12.3. The fraction of sp³-hybridized carbons (Fsp3) is 0.348. The van der Waals surface area contributed by atoms with E-state index in [0.717, 1.165) is 52.7 Å². The van der Waals surface area contributed by atoms with Crippen molar-refractivity contribution in [3.05, 3.63) is 42.4 Å². The molecule has 8 nitrogen and oxygen atoms in total. The van der Waals surface area contributed by atoms with Gasteiger partial charge in [-0.1, -0.05) is 12.1 Å². The fourth-order valence-corrected chi connectivity index (χ4v) is 4.07. The Labute approximate surface area is 179 Å². The van der Waals surface area contributed by atoms with E-state index in [2.05, 4.69) is 38.1 Å². The van der Waals surface area contributed by atoms with Crippen LogP contribution in [0.5, 0.6) is 5.75 Å². The molecule has 5 rings (SSSR count). The number of fused-ring (bicyclic) bond motifs is 1. The second-order valence-corrected chi connectivity index (χ2v) is 7.93. The molecule has 0 spiro atoms. The van der Waals surface area contributed by atoms with Gasteiger partial charge in [0.2, 0.25) is 5.82 Å². The number of tetrazole rings is 1. The molecule has 31 heavy (non-hydrogen) atoms. The molecular formula is C23H24N6O2. The summed E-state index contributed by atoms with van der Waals surface area (Å²) in [4.78, 5) is 18.4. The minimum atomic E-state index is 0.230. The maximum Gasteiger partial charge on any atom is 0.208 e. The number of ether oxygens (including phenoxy) is 1. The average molecular weight is 416 g/mol. The standard InChI is InChI=1S/C23H24N6O2/c1-4-29-13-19(18-10-15(24-12-20(18)29)11-21(30)14-8-9-14)16-6-5-7-17(22(16)31-3)23-25-27-28(2)26-23/h5-7,10,12-14H,4,8-9,11H2,1-3H3. The SMILES string of the molecule is CCn1cc(-c2cccc(-c3nnn(C)n3)c2OC)c2cc(CC(=O)C3CC3)ncc21. The molecule has 0 saturated heterocycles. The average Bonchev–Trinajstić information content (AvgIpc) is 3.45.